The molecule has 20 heteroatoms. The number of pyridine rings is 8. The van der Waals surface area contributed by atoms with Crippen LogP contribution in [0.5, 0.6) is 0 Å². The maximum Gasteiger partial charge on any atom is 0.259 e. The van der Waals surface area contributed by atoms with E-state index in [1.165, 1.54) is 34.3 Å². The molecule has 0 saturated heterocycles. The second-order valence-corrected chi connectivity index (χ2v) is 19.1. The van der Waals surface area contributed by atoms with Crippen LogP contribution in [0.25, 0.3) is 0 Å². The number of amides is 4. The van der Waals surface area contributed by atoms with Crippen molar-refractivity contribution in [2.45, 2.75) is 103 Å². The molecule has 0 aromatic carbocycles. The lowest BCUT2D eigenvalue weighted by molar-refractivity contribution is 0.101. The normalized spacial score (nSPS) is 22.2. The molecule has 4 saturated carbocycles. The van der Waals surface area contributed by atoms with Gasteiger partial charge in [0.15, 0.2) is 26.1 Å². The van der Waals surface area contributed by atoms with Crippen molar-refractivity contribution in [2.75, 3.05) is 40.9 Å². The summed E-state index contributed by atoms with van der Waals surface area (Å²) in [4.78, 5) is 91.0. The Bertz CT molecular complexity index is 4950. The number of carbonyl (C=O) groups is 4. The Morgan fingerprint density at radius 2 is 0.750 bits per heavy atom. The number of carbonyl (C=O) groups excluding carboxylic acids is 4. The first-order chi connectivity index (χ1) is 48.8. The van der Waals surface area contributed by atoms with Crippen molar-refractivity contribution in [3.05, 3.63) is 167 Å². The quantitative estimate of drug-likeness (QED) is 0.128. The summed E-state index contributed by atoms with van der Waals surface area (Å²) in [7, 11) is 0. The lowest BCUT2D eigenvalue weighted by Crippen LogP contribution is -2.22. The number of rotatable bonds is 4. The van der Waals surface area contributed by atoms with Gasteiger partial charge in [-0.25, -0.2) is 39.9 Å². The van der Waals surface area contributed by atoms with E-state index < -0.39 is 128 Å². The van der Waals surface area contributed by atoms with Gasteiger partial charge < -0.3 is 40.9 Å². The second kappa shape index (κ2) is 20.3. The summed E-state index contributed by atoms with van der Waals surface area (Å²) in [6, 6.07) is 5.61. The summed E-state index contributed by atoms with van der Waals surface area (Å²) < 4.78 is 189. The van der Waals surface area contributed by atoms with Crippen LogP contribution in [0.4, 0.5) is 69.3 Å². The maximum atomic E-state index is 13.0. The molecule has 4 aliphatic carbocycles. The highest BCUT2D eigenvalue weighted by Gasteiger charge is 2.42. The lowest BCUT2D eigenvalue weighted by atomic mass is 10.2. The van der Waals surface area contributed by atoms with Crippen molar-refractivity contribution in [1.29, 1.82) is 0 Å². The fraction of sp³-hybridized carbons (Fsp3) is 0.267. The number of nitrogens with zero attached hydrogens (tertiary/aromatic N) is 12. The van der Waals surface area contributed by atoms with Crippen LogP contribution in [0.2, 0.25) is 2.82 Å². The Labute approximate surface area is 495 Å². The van der Waals surface area contributed by atoms with E-state index in [1.54, 1.807) is 41.6 Å². The third-order valence-electron chi connectivity index (χ3n) is 13.6. The molecule has 0 atom stereocenters. The Balaban J connectivity index is 0.000000124. The predicted octanol–water partition coefficient (Wildman–Crippen LogP) is 10.6. The van der Waals surface area contributed by atoms with Crippen molar-refractivity contribution in [3.63, 3.8) is 0 Å². The molecule has 400 valence electrons. The van der Waals surface area contributed by atoms with Crippen molar-refractivity contribution in [1.82, 2.24) is 39.9 Å². The minimum Gasteiger partial charge on any atom is -0.318 e. The fourth-order valence-corrected chi connectivity index (χ4v) is 9.32. The Morgan fingerprint density at radius 1 is 0.400 bits per heavy atom. The number of hydrogen-bond donors (Lipinski definition) is 4. The molecule has 20 nitrogen and oxygen atoms in total. The molecular weight excluding hydrogens is 1010 g/mol. The first-order valence-electron chi connectivity index (χ1n) is 37.1. The molecule has 4 aliphatic heterocycles. The standard InChI is InChI=1S/4C15H14N4O/c4*1-9-6-8-17-14-12(9)18-15(20)11-3-2-7-16-13(11)19(14)10-4-5-10/h4*2-3,6-8,10H,4-5H2,1H3,(H,18,20)/i2*1D3,2D,3D,6D,7D,8D;2*1D3/hD2. The molecule has 4 N–H and O–H groups in total. The van der Waals surface area contributed by atoms with Crippen molar-refractivity contribution >= 4 is 92.9 Å². The van der Waals surface area contributed by atoms with Crippen molar-refractivity contribution in [3.8, 4) is 0 Å². The number of anilines is 12. The molecule has 8 aromatic rings. The van der Waals surface area contributed by atoms with Crippen LogP contribution < -0.4 is 40.9 Å². The molecule has 0 unspecified atom stereocenters. The summed E-state index contributed by atoms with van der Waals surface area (Å²) in [5.74, 6) is -1.73. The first-order valence-corrected chi connectivity index (χ1v) is 25.2. The molecule has 16 rings (SSSR count). The number of aromatic nitrogens is 8. The fourth-order valence-electron chi connectivity index (χ4n) is 9.32. The average molecular weight is 1090 g/mol. The van der Waals surface area contributed by atoms with E-state index >= 15 is 0 Å². The van der Waals surface area contributed by atoms with Gasteiger partial charge in [-0.1, -0.05) is 0 Å². The van der Waals surface area contributed by atoms with E-state index in [-0.39, 0.29) is 98.0 Å². The second-order valence-electron chi connectivity index (χ2n) is 19.1. The molecule has 12 heterocycles. The predicted molar refractivity (Wildman–Crippen MR) is 305 cm³/mol. The summed E-state index contributed by atoms with van der Waals surface area (Å²) in [5.41, 5.74) is -1.58. The van der Waals surface area contributed by atoms with Crippen LogP contribution in [0.1, 0.15) is 145 Å². The third kappa shape index (κ3) is 9.30. The minimum absolute atomic E-state index is 0.00685. The average Bonchev–Trinajstić information content (AvgIpc) is 1.57. The highest BCUT2D eigenvalue weighted by molar-refractivity contribution is 6.14. The van der Waals surface area contributed by atoms with Crippen LogP contribution >= 0.6 is 0 Å². The van der Waals surface area contributed by atoms with E-state index in [2.05, 4.69) is 50.5 Å². The van der Waals surface area contributed by atoms with Crippen LogP contribution in [-0.2, 0) is 0 Å². The zero-order chi connectivity index (χ0) is 75.2. The van der Waals surface area contributed by atoms with E-state index in [0.29, 0.717) is 59.8 Å². The Hall–Kier alpha value is -9.72. The van der Waals surface area contributed by atoms with Crippen molar-refractivity contribution < 1.29 is 52.2 Å². The molecule has 4 amide bonds. The largest absolute Gasteiger partial charge is 0.318 e. The van der Waals surface area contributed by atoms with Crippen LogP contribution in [0.15, 0.2) is 122 Å². The van der Waals surface area contributed by atoms with Gasteiger partial charge in [-0.15, -0.1) is 0 Å². The molecule has 0 radical (unpaired) electrons. The molecular formula is C60H56N16O4. The van der Waals surface area contributed by atoms with Gasteiger partial charge in [-0.3, -0.25) is 19.2 Å². The monoisotopic (exact) mass is 1090 g/mol. The maximum absolute atomic E-state index is 13.0. The van der Waals surface area contributed by atoms with Gasteiger partial charge in [0.2, 0.25) is 0 Å². The molecule has 8 aromatic heterocycles. The van der Waals surface area contributed by atoms with E-state index in [1.807, 2.05) is 4.90 Å². The summed E-state index contributed by atoms with van der Waals surface area (Å²) in [6.07, 6.45) is 10.2. The van der Waals surface area contributed by atoms with Crippen LogP contribution in [0.3, 0.4) is 0 Å². The molecule has 80 heavy (non-hydrogen) atoms. The molecule has 0 spiro atoms. The SMILES string of the molecule is [2H]C([2H])([2H])c1ccnc2c1NC(=O)c1cccnc1N2C1CC1.[2H]N1C(=O)c2cccnc2N(C2CC2)c2nccc(C([2H])([2H])[2H])c21.[2H]c1nc2c(c([2H])c1[2H])C(=O)N([2H])c1c(nc([2H])c([2H])c1C([2H])([2H])[2H])N2C1CC1.[2H]c1nc2c(c([2H])c1[2H])C(=O)Nc1c(nc([2H])c([2H])c1C([2H])([2H])[2H])N2C1CC1. The van der Waals surface area contributed by atoms with Gasteiger partial charge in [-0.05, 0) is 174 Å². The summed E-state index contributed by atoms with van der Waals surface area (Å²) in [6.45, 7) is -10.5. The van der Waals surface area contributed by atoms with Crippen LogP contribution in [-0.4, -0.2) is 87.7 Å². The molecule has 0 bridgehead atoms. The highest BCUT2D eigenvalue weighted by atomic mass is 16.2. The topological polar surface area (TPSA) is 232 Å². The lowest BCUT2D eigenvalue weighted by Gasteiger charge is -2.23. The van der Waals surface area contributed by atoms with Gasteiger partial charge in [0.05, 0.1) is 58.7 Å². The van der Waals surface area contributed by atoms with Crippen LogP contribution in [0, 0.1) is 27.4 Å². The molecule has 4 fully saturated rings. The third-order valence-corrected chi connectivity index (χ3v) is 13.6. The zero-order valence-corrected chi connectivity index (χ0v) is 41.6. The van der Waals surface area contributed by atoms with Gasteiger partial charge in [-0.2, -0.15) is 0 Å². The first kappa shape index (κ1) is 29.9. The molecule has 8 aliphatic rings. The van der Waals surface area contributed by atoms with Crippen molar-refractivity contribution in [2.24, 2.45) is 0 Å². The minimum atomic E-state index is -2.91. The summed E-state index contributed by atoms with van der Waals surface area (Å²) >= 11 is 0. The Morgan fingerprint density at radius 3 is 1.25 bits per heavy atom. The smallest absolute Gasteiger partial charge is 0.259 e. The van der Waals surface area contributed by atoms with Gasteiger partial charge in [0.1, 0.15) is 23.3 Å². The number of hydrogen-bond acceptors (Lipinski definition) is 16. The zero-order valence-electron chi connectivity index (χ0n) is 65.6. The number of fused-ring (bicyclic) bond motifs is 8. The van der Waals surface area contributed by atoms with Gasteiger partial charge >= 0.3 is 0 Å². The summed E-state index contributed by atoms with van der Waals surface area (Å²) in [5, 5.41) is 6.01. The van der Waals surface area contributed by atoms with E-state index in [9.17, 15) is 19.2 Å². The van der Waals surface area contributed by atoms with E-state index in [4.69, 9.17) is 33.0 Å². The number of aryl methyl sites for hydroxylation is 2. The number of nitrogens with one attached hydrogen (secondary N) is 4. The van der Waals surface area contributed by atoms with Gasteiger partial charge in [0.25, 0.3) is 23.6 Å². The van der Waals surface area contributed by atoms with E-state index in [0.717, 1.165) is 25.7 Å². The van der Waals surface area contributed by atoms with Gasteiger partial charge in [0, 0.05) is 90.1 Å². The Kier molecular flexibility index (Phi) is 7.56. The highest BCUT2D eigenvalue weighted by Crippen LogP contribution is 2.48.